The van der Waals surface area contributed by atoms with E-state index in [-0.39, 0.29) is 19.0 Å². The molecule has 1 aliphatic rings. The van der Waals surface area contributed by atoms with Crippen molar-refractivity contribution in [2.45, 2.75) is 52.0 Å². The van der Waals surface area contributed by atoms with E-state index in [1.54, 1.807) is 20.3 Å². The summed E-state index contributed by atoms with van der Waals surface area (Å²) in [6.07, 6.45) is -1.75. The van der Waals surface area contributed by atoms with Crippen molar-refractivity contribution in [3.8, 4) is 22.8 Å². The number of benzene rings is 1. The molecule has 232 valence electrons. The zero-order chi connectivity index (χ0) is 30.6. The highest BCUT2D eigenvalue weighted by Gasteiger charge is 2.41. The third-order valence-electron chi connectivity index (χ3n) is 7.35. The monoisotopic (exact) mass is 615 g/mol. The fraction of sp³-hybridized carbons (Fsp3) is 0.400. The molecule has 1 saturated carbocycles. The highest BCUT2D eigenvalue weighted by Crippen LogP contribution is 2.38. The molecule has 1 aromatic carbocycles. The molecule has 4 aromatic rings. The SMILES string of the molecule is C=O.COc1cc(CNc2nc(C)c(-c3cc4cc(C)nc(C)c4o3)c(N[C@@H]3C[C@H](CO)[C@@H](O)[C@H]3O)n2)cc(OC)c1.Cl. The van der Waals surface area contributed by atoms with Crippen molar-refractivity contribution >= 4 is 41.9 Å². The number of aliphatic hydroxyl groups is 3. The number of rotatable bonds is 9. The Kier molecular flexibility index (Phi) is 11.3. The van der Waals surface area contributed by atoms with E-state index in [0.717, 1.165) is 22.3 Å². The molecular weight excluding hydrogens is 578 g/mol. The van der Waals surface area contributed by atoms with Crippen molar-refractivity contribution in [1.82, 2.24) is 15.0 Å². The predicted octanol–water partition coefficient (Wildman–Crippen LogP) is 3.59. The molecule has 13 heteroatoms. The highest BCUT2D eigenvalue weighted by molar-refractivity contribution is 5.87. The van der Waals surface area contributed by atoms with E-state index in [4.69, 9.17) is 28.7 Å². The van der Waals surface area contributed by atoms with E-state index in [1.165, 1.54) is 0 Å². The number of anilines is 2. The lowest BCUT2D eigenvalue weighted by Crippen LogP contribution is -2.35. The number of aryl methyl sites for hydroxylation is 3. The summed E-state index contributed by atoms with van der Waals surface area (Å²) >= 11 is 0. The molecule has 3 heterocycles. The molecule has 5 N–H and O–H groups in total. The second-order valence-corrected chi connectivity index (χ2v) is 10.2. The van der Waals surface area contributed by atoms with Crippen molar-refractivity contribution in [3.05, 3.63) is 53.0 Å². The van der Waals surface area contributed by atoms with E-state index in [1.807, 2.05) is 51.8 Å². The molecular formula is C30H38ClN5O7. The first-order valence-electron chi connectivity index (χ1n) is 13.5. The van der Waals surface area contributed by atoms with Gasteiger partial charge in [-0.15, -0.1) is 12.4 Å². The molecule has 0 aliphatic heterocycles. The molecule has 1 aliphatic carbocycles. The van der Waals surface area contributed by atoms with Crippen LogP contribution in [0, 0.1) is 26.7 Å². The lowest BCUT2D eigenvalue weighted by atomic mass is 10.1. The number of nitrogens with zero attached hydrogens (tertiary/aromatic N) is 3. The standard InChI is InChI=1S/C29H35N5O6.CH2O.ClH/c1-14-6-18-10-23(40-27(18)16(3)31-14)24-15(2)32-29(30-12-17-7-20(38-4)11-21(8-17)39-5)34-28(24)33-22-9-19(13-35)25(36)26(22)37;1-2;/h6-8,10-11,19,22,25-26,35-37H,9,12-13H2,1-5H3,(H2,30,32,33,34);1H2;1H/t19-,22-,25-,26+;;/m1../s1. The summed E-state index contributed by atoms with van der Waals surface area (Å²) in [5.41, 5.74) is 4.54. The molecule has 1 fully saturated rings. The number of furan rings is 1. The molecule has 3 aromatic heterocycles. The Morgan fingerprint density at radius 3 is 2.23 bits per heavy atom. The number of pyridine rings is 1. The van der Waals surface area contributed by atoms with E-state index >= 15 is 0 Å². The van der Waals surface area contributed by atoms with Crippen LogP contribution in [0.3, 0.4) is 0 Å². The molecule has 4 atom stereocenters. The van der Waals surface area contributed by atoms with Gasteiger partial charge >= 0.3 is 0 Å². The van der Waals surface area contributed by atoms with Crippen LogP contribution in [0.5, 0.6) is 11.5 Å². The van der Waals surface area contributed by atoms with Gasteiger partial charge in [0.05, 0.1) is 43.3 Å². The van der Waals surface area contributed by atoms with Crippen LogP contribution in [0.2, 0.25) is 0 Å². The molecule has 43 heavy (non-hydrogen) atoms. The number of hydrogen-bond donors (Lipinski definition) is 5. The number of aliphatic hydroxyl groups excluding tert-OH is 3. The minimum atomic E-state index is -1.08. The van der Waals surface area contributed by atoms with Gasteiger partial charge in [0.15, 0.2) is 5.58 Å². The van der Waals surface area contributed by atoms with E-state index < -0.39 is 24.2 Å². The van der Waals surface area contributed by atoms with Gasteiger partial charge in [0.25, 0.3) is 0 Å². The zero-order valence-electron chi connectivity index (χ0n) is 24.7. The van der Waals surface area contributed by atoms with Gasteiger partial charge < -0.3 is 44.6 Å². The smallest absolute Gasteiger partial charge is 0.225 e. The molecule has 0 radical (unpaired) electrons. The van der Waals surface area contributed by atoms with Crippen molar-refractivity contribution in [1.29, 1.82) is 0 Å². The number of methoxy groups -OCH3 is 2. The van der Waals surface area contributed by atoms with Gasteiger partial charge in [0.1, 0.15) is 36.0 Å². The van der Waals surface area contributed by atoms with Crippen LogP contribution in [0.4, 0.5) is 11.8 Å². The number of ether oxygens (including phenoxy) is 2. The molecule has 0 unspecified atom stereocenters. The number of carbonyl (C=O) groups excluding carboxylic acids is 1. The van der Waals surface area contributed by atoms with Crippen LogP contribution in [0.15, 0.2) is 34.7 Å². The fourth-order valence-electron chi connectivity index (χ4n) is 5.32. The van der Waals surface area contributed by atoms with Gasteiger partial charge in [-0.25, -0.2) is 4.98 Å². The number of nitrogens with one attached hydrogen (secondary N) is 2. The summed E-state index contributed by atoms with van der Waals surface area (Å²) in [6.45, 7) is 7.87. The van der Waals surface area contributed by atoms with Crippen LogP contribution in [0.1, 0.15) is 29.1 Å². The predicted molar refractivity (Wildman–Crippen MR) is 165 cm³/mol. The highest BCUT2D eigenvalue weighted by atomic mass is 35.5. The number of halogens is 1. The van der Waals surface area contributed by atoms with Crippen molar-refractivity contribution in [2.24, 2.45) is 5.92 Å². The van der Waals surface area contributed by atoms with Crippen LogP contribution in [-0.4, -0.2) is 76.1 Å². The molecule has 5 rings (SSSR count). The minimum absolute atomic E-state index is 0. The summed E-state index contributed by atoms with van der Waals surface area (Å²) in [4.78, 5) is 22.0. The van der Waals surface area contributed by atoms with Crippen LogP contribution in [0.25, 0.3) is 22.3 Å². The van der Waals surface area contributed by atoms with Crippen molar-refractivity contribution in [3.63, 3.8) is 0 Å². The van der Waals surface area contributed by atoms with E-state index in [9.17, 15) is 15.3 Å². The summed E-state index contributed by atoms with van der Waals surface area (Å²) in [5, 5.41) is 38.3. The topological polar surface area (TPSA) is 172 Å². The second kappa shape index (κ2) is 14.5. The number of carbonyl (C=O) groups is 1. The first-order valence-corrected chi connectivity index (χ1v) is 13.5. The van der Waals surface area contributed by atoms with E-state index in [2.05, 4.69) is 15.6 Å². The normalized spacial score (nSPS) is 19.3. The third kappa shape index (κ3) is 7.16. The maximum absolute atomic E-state index is 10.7. The third-order valence-corrected chi connectivity index (χ3v) is 7.35. The Bertz CT molecular complexity index is 1530. The Hall–Kier alpha value is -3.97. The lowest BCUT2D eigenvalue weighted by molar-refractivity contribution is -0.0980. The van der Waals surface area contributed by atoms with Crippen molar-refractivity contribution < 1.29 is 34.0 Å². The van der Waals surface area contributed by atoms with Gasteiger partial charge in [-0.05, 0) is 57.0 Å². The number of fused-ring (bicyclic) bond motifs is 1. The molecule has 0 amide bonds. The average Bonchev–Trinajstić information content (AvgIpc) is 3.52. The largest absolute Gasteiger partial charge is 0.497 e. The Balaban J connectivity index is 0.00000165. The summed E-state index contributed by atoms with van der Waals surface area (Å²) in [7, 11) is 3.20. The maximum Gasteiger partial charge on any atom is 0.225 e. The second-order valence-electron chi connectivity index (χ2n) is 10.2. The quantitative estimate of drug-likeness (QED) is 0.185. The van der Waals surface area contributed by atoms with Gasteiger partial charge in [0, 0.05) is 36.2 Å². The maximum atomic E-state index is 10.7. The molecule has 0 saturated heterocycles. The Morgan fingerprint density at radius 1 is 0.953 bits per heavy atom. The molecule has 12 nitrogen and oxygen atoms in total. The van der Waals surface area contributed by atoms with Crippen LogP contribution < -0.4 is 20.1 Å². The fourth-order valence-corrected chi connectivity index (χ4v) is 5.32. The summed E-state index contributed by atoms with van der Waals surface area (Å²) < 4.78 is 17.0. The van der Waals surface area contributed by atoms with Gasteiger partial charge in [-0.1, -0.05) is 0 Å². The number of hydrogen-bond acceptors (Lipinski definition) is 12. The molecule has 0 bridgehead atoms. The Morgan fingerprint density at radius 2 is 1.63 bits per heavy atom. The van der Waals surface area contributed by atoms with Gasteiger partial charge in [0.2, 0.25) is 5.95 Å². The summed E-state index contributed by atoms with van der Waals surface area (Å²) in [6, 6.07) is 8.95. The van der Waals surface area contributed by atoms with Crippen LogP contribution in [-0.2, 0) is 11.3 Å². The lowest BCUT2D eigenvalue weighted by Gasteiger charge is -2.21. The van der Waals surface area contributed by atoms with Gasteiger partial charge in [-0.2, -0.15) is 4.98 Å². The van der Waals surface area contributed by atoms with Crippen LogP contribution >= 0.6 is 12.4 Å². The first kappa shape index (κ1) is 33.5. The van der Waals surface area contributed by atoms with E-state index in [0.29, 0.717) is 58.8 Å². The van der Waals surface area contributed by atoms with Gasteiger partial charge in [-0.3, -0.25) is 4.98 Å². The average molecular weight is 616 g/mol. The number of aromatic nitrogens is 3. The zero-order valence-corrected chi connectivity index (χ0v) is 25.6. The Labute approximate surface area is 255 Å². The molecule has 0 spiro atoms. The first-order chi connectivity index (χ1) is 20.2. The summed E-state index contributed by atoms with van der Waals surface area (Å²) in [5.74, 6) is 2.26. The minimum Gasteiger partial charge on any atom is -0.497 e. The van der Waals surface area contributed by atoms with Crippen molar-refractivity contribution in [2.75, 3.05) is 31.5 Å².